The van der Waals surface area contributed by atoms with Crippen molar-refractivity contribution in [3.63, 3.8) is 0 Å². The Labute approximate surface area is 78.6 Å². The topological polar surface area (TPSA) is 37.8 Å². The fraction of sp³-hybridized carbons (Fsp3) is 0.600. The Morgan fingerprint density at radius 1 is 1.46 bits per heavy atom. The number of nitrogens with one attached hydrogen (secondary N) is 1. The zero-order chi connectivity index (χ0) is 9.10. The zero-order valence-corrected chi connectivity index (χ0v) is 7.90. The smallest absolute Gasteiger partial charge is 0.0758 e. The van der Waals surface area contributed by atoms with E-state index in [1.54, 1.807) is 12.4 Å². The Hall–Kier alpha value is -0.960. The number of hydrogen-bond donors (Lipinski definition) is 1. The quantitative estimate of drug-likeness (QED) is 0.761. The minimum absolute atomic E-state index is 0.405. The first-order valence-electron chi connectivity index (χ1n) is 4.85. The van der Waals surface area contributed by atoms with Gasteiger partial charge in [0, 0.05) is 18.6 Å². The Morgan fingerprint density at radius 2 is 2.31 bits per heavy atom. The van der Waals surface area contributed by atoms with Crippen LogP contribution in [0.1, 0.15) is 31.0 Å². The number of nitrogens with zero attached hydrogens (tertiary/aromatic N) is 2. The molecule has 0 bridgehead atoms. The normalized spacial score (nSPS) is 19.5. The summed E-state index contributed by atoms with van der Waals surface area (Å²) in [4.78, 5) is 8.42. The molecule has 1 unspecified atom stereocenters. The standard InChI is InChI=1S/C10H15N3/c1-11-10(8-3-2-4-8)9-7-12-5-6-13-9/h5-8,10-11H,2-4H2,1H3. The lowest BCUT2D eigenvalue weighted by Gasteiger charge is -2.32. The summed E-state index contributed by atoms with van der Waals surface area (Å²) in [7, 11) is 2.00. The Morgan fingerprint density at radius 3 is 2.77 bits per heavy atom. The highest BCUT2D eigenvalue weighted by atomic mass is 14.9. The van der Waals surface area contributed by atoms with Crippen molar-refractivity contribution in [1.29, 1.82) is 0 Å². The van der Waals surface area contributed by atoms with E-state index in [0.29, 0.717) is 6.04 Å². The first kappa shape index (κ1) is 8.63. The van der Waals surface area contributed by atoms with E-state index >= 15 is 0 Å². The van der Waals surface area contributed by atoms with Crippen molar-refractivity contribution in [2.45, 2.75) is 25.3 Å². The second kappa shape index (κ2) is 3.83. The maximum Gasteiger partial charge on any atom is 0.0758 e. The second-order valence-electron chi connectivity index (χ2n) is 3.59. The molecule has 0 aliphatic heterocycles. The summed E-state index contributed by atoms with van der Waals surface area (Å²) in [6.07, 6.45) is 9.35. The van der Waals surface area contributed by atoms with Crippen LogP contribution in [0.15, 0.2) is 18.6 Å². The molecule has 2 rings (SSSR count). The summed E-state index contributed by atoms with van der Waals surface area (Å²) in [6, 6.07) is 0.405. The lowest BCUT2D eigenvalue weighted by Crippen LogP contribution is -2.30. The van der Waals surface area contributed by atoms with Crippen molar-refractivity contribution in [2.24, 2.45) is 5.92 Å². The van der Waals surface area contributed by atoms with Crippen LogP contribution in [0.25, 0.3) is 0 Å². The molecule has 1 fully saturated rings. The Bertz CT molecular complexity index is 256. The Kier molecular flexibility index (Phi) is 2.54. The lowest BCUT2D eigenvalue weighted by atomic mass is 9.78. The maximum absolute atomic E-state index is 4.33. The van der Waals surface area contributed by atoms with E-state index in [2.05, 4.69) is 15.3 Å². The maximum atomic E-state index is 4.33. The largest absolute Gasteiger partial charge is 0.311 e. The molecular weight excluding hydrogens is 162 g/mol. The van der Waals surface area contributed by atoms with Crippen molar-refractivity contribution in [1.82, 2.24) is 15.3 Å². The van der Waals surface area contributed by atoms with Crippen LogP contribution in [0, 0.1) is 5.92 Å². The third-order valence-corrected chi connectivity index (χ3v) is 2.83. The number of hydrogen-bond acceptors (Lipinski definition) is 3. The summed E-state index contributed by atoms with van der Waals surface area (Å²) in [5, 5.41) is 3.32. The van der Waals surface area contributed by atoms with Crippen molar-refractivity contribution in [2.75, 3.05) is 7.05 Å². The van der Waals surface area contributed by atoms with Gasteiger partial charge >= 0.3 is 0 Å². The van der Waals surface area contributed by atoms with E-state index in [1.165, 1.54) is 19.3 Å². The minimum atomic E-state index is 0.405. The summed E-state index contributed by atoms with van der Waals surface area (Å²) < 4.78 is 0. The molecular formula is C10H15N3. The predicted octanol–water partition coefficient (Wildman–Crippen LogP) is 1.54. The minimum Gasteiger partial charge on any atom is -0.311 e. The Balaban J connectivity index is 2.12. The predicted molar refractivity (Wildman–Crippen MR) is 51.2 cm³/mol. The fourth-order valence-electron chi connectivity index (χ4n) is 1.87. The molecule has 1 heterocycles. The van der Waals surface area contributed by atoms with Gasteiger partial charge in [0.2, 0.25) is 0 Å². The molecule has 1 aromatic rings. The molecule has 3 nitrogen and oxygen atoms in total. The van der Waals surface area contributed by atoms with E-state index < -0.39 is 0 Å². The fourth-order valence-corrected chi connectivity index (χ4v) is 1.87. The van der Waals surface area contributed by atoms with Gasteiger partial charge in [-0.25, -0.2) is 0 Å². The molecule has 70 valence electrons. The summed E-state index contributed by atoms with van der Waals surface area (Å²) >= 11 is 0. The van der Waals surface area contributed by atoms with Crippen LogP contribution >= 0.6 is 0 Å². The van der Waals surface area contributed by atoms with Gasteiger partial charge in [-0.3, -0.25) is 9.97 Å². The molecule has 0 saturated heterocycles. The second-order valence-corrected chi connectivity index (χ2v) is 3.59. The average molecular weight is 177 g/mol. The van der Waals surface area contributed by atoms with Crippen LogP contribution in [0.4, 0.5) is 0 Å². The van der Waals surface area contributed by atoms with E-state index in [9.17, 15) is 0 Å². The molecule has 1 aliphatic carbocycles. The highest BCUT2D eigenvalue weighted by molar-refractivity contribution is 5.05. The molecule has 0 amide bonds. The van der Waals surface area contributed by atoms with Crippen LogP contribution in [0.5, 0.6) is 0 Å². The third kappa shape index (κ3) is 1.70. The number of rotatable bonds is 3. The van der Waals surface area contributed by atoms with Crippen LogP contribution in [-0.4, -0.2) is 17.0 Å². The van der Waals surface area contributed by atoms with Crippen LogP contribution in [0.3, 0.4) is 0 Å². The monoisotopic (exact) mass is 177 g/mol. The molecule has 0 radical (unpaired) electrons. The molecule has 3 heteroatoms. The van der Waals surface area contributed by atoms with E-state index in [0.717, 1.165) is 11.6 Å². The molecule has 0 spiro atoms. The highest BCUT2D eigenvalue weighted by Gasteiger charge is 2.27. The molecule has 1 atom stereocenters. The van der Waals surface area contributed by atoms with Gasteiger partial charge in [0.25, 0.3) is 0 Å². The average Bonchev–Trinajstić information content (AvgIpc) is 2.12. The van der Waals surface area contributed by atoms with Gasteiger partial charge < -0.3 is 5.32 Å². The van der Waals surface area contributed by atoms with Gasteiger partial charge in [-0.2, -0.15) is 0 Å². The van der Waals surface area contributed by atoms with Gasteiger partial charge in [0.15, 0.2) is 0 Å². The lowest BCUT2D eigenvalue weighted by molar-refractivity contribution is 0.235. The summed E-state index contributed by atoms with van der Waals surface area (Å²) in [6.45, 7) is 0. The van der Waals surface area contributed by atoms with Gasteiger partial charge in [-0.05, 0) is 25.8 Å². The van der Waals surface area contributed by atoms with E-state index in [1.807, 2.05) is 13.2 Å². The SMILES string of the molecule is CNC(c1cnccn1)C1CCC1. The van der Waals surface area contributed by atoms with Crippen LogP contribution in [0.2, 0.25) is 0 Å². The molecule has 1 N–H and O–H groups in total. The van der Waals surface area contributed by atoms with Crippen LogP contribution in [-0.2, 0) is 0 Å². The van der Waals surface area contributed by atoms with Crippen molar-refractivity contribution in [3.05, 3.63) is 24.3 Å². The van der Waals surface area contributed by atoms with Crippen molar-refractivity contribution >= 4 is 0 Å². The molecule has 13 heavy (non-hydrogen) atoms. The van der Waals surface area contributed by atoms with Gasteiger partial charge in [-0.1, -0.05) is 6.42 Å². The summed E-state index contributed by atoms with van der Waals surface area (Å²) in [5.74, 6) is 0.765. The third-order valence-electron chi connectivity index (χ3n) is 2.83. The van der Waals surface area contributed by atoms with Crippen LogP contribution < -0.4 is 5.32 Å². The molecule has 1 aromatic heterocycles. The van der Waals surface area contributed by atoms with Gasteiger partial charge in [-0.15, -0.1) is 0 Å². The molecule has 1 aliphatic rings. The summed E-state index contributed by atoms with van der Waals surface area (Å²) in [5.41, 5.74) is 1.08. The first-order valence-corrected chi connectivity index (χ1v) is 4.85. The van der Waals surface area contributed by atoms with Crippen molar-refractivity contribution < 1.29 is 0 Å². The first-order chi connectivity index (χ1) is 6.42. The van der Waals surface area contributed by atoms with E-state index in [-0.39, 0.29) is 0 Å². The van der Waals surface area contributed by atoms with Crippen molar-refractivity contribution in [3.8, 4) is 0 Å². The molecule has 1 saturated carbocycles. The molecule has 0 aromatic carbocycles. The van der Waals surface area contributed by atoms with Gasteiger partial charge in [0.1, 0.15) is 0 Å². The van der Waals surface area contributed by atoms with E-state index in [4.69, 9.17) is 0 Å². The number of aromatic nitrogens is 2. The van der Waals surface area contributed by atoms with Gasteiger partial charge in [0.05, 0.1) is 11.7 Å². The highest BCUT2D eigenvalue weighted by Crippen LogP contribution is 2.36. The zero-order valence-electron chi connectivity index (χ0n) is 7.90.